The van der Waals surface area contributed by atoms with Crippen molar-refractivity contribution < 1.29 is 14.3 Å². The number of halogens is 1. The van der Waals surface area contributed by atoms with E-state index in [4.69, 9.17) is 10.00 Å². The van der Waals surface area contributed by atoms with Crippen LogP contribution in [0.3, 0.4) is 0 Å². The fraction of sp³-hybridized carbons (Fsp3) is 0.150. The molecular formula is C20H17BrN2O3. The molecule has 0 saturated heterocycles. The summed E-state index contributed by atoms with van der Waals surface area (Å²) in [6.45, 7) is 3.40. The summed E-state index contributed by atoms with van der Waals surface area (Å²) in [5, 5.41) is 11.8. The lowest BCUT2D eigenvalue weighted by atomic mass is 10.1. The number of rotatable bonds is 5. The van der Waals surface area contributed by atoms with Gasteiger partial charge >= 0.3 is 5.97 Å². The van der Waals surface area contributed by atoms with E-state index in [0.717, 1.165) is 15.6 Å². The van der Waals surface area contributed by atoms with E-state index < -0.39 is 18.5 Å². The van der Waals surface area contributed by atoms with E-state index in [1.165, 1.54) is 6.08 Å². The second-order valence-electron chi connectivity index (χ2n) is 5.67. The number of carbonyl (C=O) groups excluding carboxylic acids is 2. The molecule has 0 heterocycles. The summed E-state index contributed by atoms with van der Waals surface area (Å²) < 4.78 is 5.79. The van der Waals surface area contributed by atoms with Crippen molar-refractivity contribution in [3.63, 3.8) is 0 Å². The number of hydrogen-bond donors (Lipinski definition) is 1. The first-order valence-electron chi connectivity index (χ1n) is 7.80. The molecule has 0 atom stereocenters. The Balaban J connectivity index is 1.95. The molecule has 0 spiro atoms. The third-order valence-corrected chi connectivity index (χ3v) is 4.37. The average molecular weight is 413 g/mol. The van der Waals surface area contributed by atoms with Gasteiger partial charge in [-0.25, -0.2) is 4.79 Å². The molecule has 0 aliphatic heterocycles. The summed E-state index contributed by atoms with van der Waals surface area (Å²) in [6, 6.07) is 14.5. The zero-order valence-electron chi connectivity index (χ0n) is 14.4. The highest BCUT2D eigenvalue weighted by molar-refractivity contribution is 9.10. The Labute approximate surface area is 160 Å². The van der Waals surface area contributed by atoms with Crippen LogP contribution in [0.5, 0.6) is 0 Å². The van der Waals surface area contributed by atoms with Crippen molar-refractivity contribution in [1.29, 1.82) is 5.26 Å². The second kappa shape index (κ2) is 8.97. The highest BCUT2D eigenvalue weighted by atomic mass is 79.9. The number of nitrogens with zero attached hydrogens (tertiary/aromatic N) is 1. The molecule has 0 bridgehead atoms. The molecule has 0 saturated carbocycles. The van der Waals surface area contributed by atoms with E-state index in [-0.39, 0.29) is 5.57 Å². The van der Waals surface area contributed by atoms with Crippen molar-refractivity contribution >= 4 is 39.6 Å². The van der Waals surface area contributed by atoms with Crippen molar-refractivity contribution in [3.05, 3.63) is 69.2 Å². The van der Waals surface area contributed by atoms with Gasteiger partial charge in [0, 0.05) is 10.2 Å². The minimum absolute atomic E-state index is 0.167. The van der Waals surface area contributed by atoms with E-state index in [1.807, 2.05) is 32.0 Å². The van der Waals surface area contributed by atoms with Gasteiger partial charge in [-0.1, -0.05) is 51.8 Å². The Morgan fingerprint density at radius 1 is 1.19 bits per heavy atom. The van der Waals surface area contributed by atoms with Gasteiger partial charge in [0.1, 0.15) is 11.6 Å². The minimum Gasteiger partial charge on any atom is -0.451 e. The molecular weight excluding hydrogens is 396 g/mol. The summed E-state index contributed by atoms with van der Waals surface area (Å²) in [7, 11) is 0. The van der Waals surface area contributed by atoms with E-state index >= 15 is 0 Å². The van der Waals surface area contributed by atoms with Gasteiger partial charge in [0.15, 0.2) is 6.61 Å². The van der Waals surface area contributed by atoms with Crippen LogP contribution in [0.25, 0.3) is 6.08 Å². The first kappa shape index (κ1) is 19.4. The minimum atomic E-state index is -0.840. The number of aryl methyl sites for hydroxylation is 2. The average Bonchev–Trinajstić information content (AvgIpc) is 2.62. The normalized spacial score (nSPS) is 10.8. The molecule has 0 aliphatic rings. The summed E-state index contributed by atoms with van der Waals surface area (Å²) in [5.41, 5.74) is 3.23. The van der Waals surface area contributed by atoms with E-state index in [0.29, 0.717) is 11.3 Å². The maximum atomic E-state index is 12.0. The van der Waals surface area contributed by atoms with E-state index in [1.54, 1.807) is 30.3 Å². The molecule has 1 N–H and O–H groups in total. The van der Waals surface area contributed by atoms with Gasteiger partial charge in [-0.3, -0.25) is 4.79 Å². The molecule has 0 aliphatic carbocycles. The van der Waals surface area contributed by atoms with Crippen LogP contribution in [-0.4, -0.2) is 18.5 Å². The second-order valence-corrected chi connectivity index (χ2v) is 6.52. The van der Waals surface area contributed by atoms with Gasteiger partial charge in [-0.2, -0.15) is 5.26 Å². The molecule has 132 valence electrons. The van der Waals surface area contributed by atoms with Crippen molar-refractivity contribution in [2.24, 2.45) is 0 Å². The number of ether oxygens (including phenoxy) is 1. The Morgan fingerprint density at radius 3 is 2.50 bits per heavy atom. The van der Waals surface area contributed by atoms with Gasteiger partial charge in [0.05, 0.1) is 0 Å². The molecule has 0 fully saturated rings. The predicted molar refractivity (Wildman–Crippen MR) is 103 cm³/mol. The first-order valence-corrected chi connectivity index (χ1v) is 8.60. The van der Waals surface area contributed by atoms with Crippen LogP contribution in [0.1, 0.15) is 16.7 Å². The van der Waals surface area contributed by atoms with Crippen molar-refractivity contribution in [1.82, 2.24) is 0 Å². The monoisotopic (exact) mass is 412 g/mol. The molecule has 0 aromatic heterocycles. The van der Waals surface area contributed by atoms with Crippen LogP contribution < -0.4 is 5.32 Å². The van der Waals surface area contributed by atoms with Crippen molar-refractivity contribution in [3.8, 4) is 6.07 Å². The quantitative estimate of drug-likeness (QED) is 0.454. The number of benzene rings is 2. The fourth-order valence-electron chi connectivity index (χ4n) is 2.04. The van der Waals surface area contributed by atoms with Gasteiger partial charge in [-0.15, -0.1) is 0 Å². The maximum Gasteiger partial charge on any atom is 0.349 e. The van der Waals surface area contributed by atoms with Gasteiger partial charge in [0.25, 0.3) is 5.91 Å². The number of hydrogen-bond acceptors (Lipinski definition) is 4. The van der Waals surface area contributed by atoms with Crippen LogP contribution >= 0.6 is 15.9 Å². The van der Waals surface area contributed by atoms with Gasteiger partial charge < -0.3 is 10.1 Å². The number of nitriles is 1. The lowest BCUT2D eigenvalue weighted by Gasteiger charge is -2.07. The number of carbonyl (C=O) groups is 2. The molecule has 0 radical (unpaired) electrons. The third kappa shape index (κ3) is 5.57. The van der Waals surface area contributed by atoms with E-state index in [2.05, 4.69) is 21.2 Å². The molecule has 2 aromatic carbocycles. The highest BCUT2D eigenvalue weighted by Crippen LogP contribution is 2.20. The third-order valence-electron chi connectivity index (χ3n) is 3.52. The Morgan fingerprint density at radius 2 is 1.88 bits per heavy atom. The SMILES string of the molecule is Cc1ccc(/C=C(\C#N)C(=O)OCC(=O)Nc2ccc(C)c(Br)c2)cc1. The molecule has 2 rings (SSSR count). The standard InChI is InChI=1S/C20H17BrN2O3/c1-13-3-6-15(7-4-13)9-16(11-22)20(25)26-12-19(24)23-17-8-5-14(2)18(21)10-17/h3-10H,12H2,1-2H3,(H,23,24)/b16-9+. The summed E-state index contributed by atoms with van der Waals surface area (Å²) in [4.78, 5) is 23.9. The molecule has 1 amide bonds. The number of anilines is 1. The van der Waals surface area contributed by atoms with Crippen molar-refractivity contribution in [2.75, 3.05) is 11.9 Å². The first-order chi connectivity index (χ1) is 12.4. The maximum absolute atomic E-state index is 12.0. The smallest absolute Gasteiger partial charge is 0.349 e. The number of amides is 1. The number of nitrogens with one attached hydrogen (secondary N) is 1. The van der Waals surface area contributed by atoms with E-state index in [9.17, 15) is 9.59 Å². The summed E-state index contributed by atoms with van der Waals surface area (Å²) in [6.07, 6.45) is 1.43. The van der Waals surface area contributed by atoms with Crippen LogP contribution in [0.4, 0.5) is 5.69 Å². The van der Waals surface area contributed by atoms with Gasteiger partial charge in [-0.05, 0) is 43.2 Å². The summed E-state index contributed by atoms with van der Waals surface area (Å²) >= 11 is 3.38. The van der Waals surface area contributed by atoms with Crippen LogP contribution in [0, 0.1) is 25.2 Å². The lowest BCUT2D eigenvalue weighted by Crippen LogP contribution is -2.21. The van der Waals surface area contributed by atoms with Gasteiger partial charge in [0.2, 0.25) is 0 Å². The highest BCUT2D eigenvalue weighted by Gasteiger charge is 2.13. The molecule has 5 nitrogen and oxygen atoms in total. The van der Waals surface area contributed by atoms with Crippen molar-refractivity contribution in [2.45, 2.75) is 13.8 Å². The lowest BCUT2D eigenvalue weighted by molar-refractivity contribution is -0.142. The zero-order valence-corrected chi connectivity index (χ0v) is 16.0. The predicted octanol–water partition coefficient (Wildman–Crippen LogP) is 4.15. The Hall–Kier alpha value is -2.91. The topological polar surface area (TPSA) is 79.2 Å². The summed E-state index contributed by atoms with van der Waals surface area (Å²) in [5.74, 6) is -1.32. The largest absolute Gasteiger partial charge is 0.451 e. The zero-order chi connectivity index (χ0) is 19.1. The molecule has 26 heavy (non-hydrogen) atoms. The number of esters is 1. The fourth-order valence-corrected chi connectivity index (χ4v) is 2.42. The molecule has 0 unspecified atom stereocenters. The Kier molecular flexibility index (Phi) is 6.70. The van der Waals surface area contributed by atoms with Crippen LogP contribution in [0.2, 0.25) is 0 Å². The van der Waals surface area contributed by atoms with Crippen LogP contribution in [0.15, 0.2) is 52.5 Å². The molecule has 2 aromatic rings. The Bertz CT molecular complexity index is 896. The van der Waals surface area contributed by atoms with Crippen LogP contribution in [-0.2, 0) is 14.3 Å². The molecule has 6 heteroatoms.